The van der Waals surface area contributed by atoms with Crippen LogP contribution in [0, 0.1) is 0 Å². The lowest BCUT2D eigenvalue weighted by Crippen LogP contribution is -2.34. The van der Waals surface area contributed by atoms with Gasteiger partial charge < -0.3 is 21.1 Å². The van der Waals surface area contributed by atoms with E-state index < -0.39 is 0 Å². The lowest BCUT2D eigenvalue weighted by Gasteiger charge is -2.19. The van der Waals surface area contributed by atoms with Gasteiger partial charge in [0, 0.05) is 19.2 Å². The van der Waals surface area contributed by atoms with Gasteiger partial charge in [0.1, 0.15) is 5.75 Å². The number of nitrogens with two attached hydrogens (primary N) is 1. The molecule has 0 aliphatic rings. The number of benzene rings is 1. The van der Waals surface area contributed by atoms with Crippen molar-refractivity contribution < 1.29 is 9.90 Å². The minimum atomic E-state index is -0.192. The van der Waals surface area contributed by atoms with Gasteiger partial charge in [-0.2, -0.15) is 0 Å². The average Bonchev–Trinajstić information content (AvgIpc) is 2.24. The van der Waals surface area contributed by atoms with Gasteiger partial charge in [0.2, 0.25) is 0 Å². The largest absolute Gasteiger partial charge is 0.508 e. The molecule has 0 unspecified atom stereocenters. The molecule has 1 aromatic carbocycles. The molecule has 0 aromatic heterocycles. The normalized spacial score (nSPS) is 9.88. The third-order valence-corrected chi connectivity index (χ3v) is 2.33. The van der Waals surface area contributed by atoms with Crippen LogP contribution in [0.25, 0.3) is 0 Å². The number of amides is 2. The van der Waals surface area contributed by atoms with E-state index in [4.69, 9.17) is 5.73 Å². The molecule has 0 bridgehead atoms. The third-order valence-electron chi connectivity index (χ3n) is 2.33. The maximum atomic E-state index is 11.7. The molecular weight excluding hydrogens is 206 g/mol. The van der Waals surface area contributed by atoms with Crippen LogP contribution in [0.4, 0.5) is 16.2 Å². The lowest BCUT2D eigenvalue weighted by atomic mass is 10.2. The highest BCUT2D eigenvalue weighted by atomic mass is 16.3. The number of phenolic OH excluding ortho intramolecular Hbond substituents is 1. The number of urea groups is 1. The summed E-state index contributed by atoms with van der Waals surface area (Å²) < 4.78 is 0. The van der Waals surface area contributed by atoms with Crippen molar-refractivity contribution in [2.24, 2.45) is 0 Å². The number of aromatic hydroxyl groups is 1. The van der Waals surface area contributed by atoms with Gasteiger partial charge in [-0.05, 0) is 26.0 Å². The fourth-order valence-electron chi connectivity index (χ4n) is 1.37. The molecule has 1 aromatic rings. The second-order valence-corrected chi connectivity index (χ2v) is 3.37. The maximum absolute atomic E-state index is 11.7. The molecule has 0 fully saturated rings. The zero-order valence-corrected chi connectivity index (χ0v) is 9.53. The SMILES string of the molecule is CCN(CC)C(=O)Nc1ccc(O)cc1N. The van der Waals surface area contributed by atoms with Crippen LogP contribution in [-0.4, -0.2) is 29.1 Å². The van der Waals surface area contributed by atoms with E-state index >= 15 is 0 Å². The Balaban J connectivity index is 2.76. The van der Waals surface area contributed by atoms with Crippen molar-refractivity contribution in [1.82, 2.24) is 4.90 Å². The zero-order valence-electron chi connectivity index (χ0n) is 9.53. The van der Waals surface area contributed by atoms with Gasteiger partial charge in [-0.15, -0.1) is 0 Å². The van der Waals surface area contributed by atoms with Gasteiger partial charge in [-0.25, -0.2) is 4.79 Å². The van der Waals surface area contributed by atoms with E-state index in [-0.39, 0.29) is 11.8 Å². The summed E-state index contributed by atoms with van der Waals surface area (Å²) in [5, 5.41) is 11.9. The summed E-state index contributed by atoms with van der Waals surface area (Å²) in [7, 11) is 0. The van der Waals surface area contributed by atoms with Crippen LogP contribution in [0.2, 0.25) is 0 Å². The monoisotopic (exact) mass is 223 g/mol. The zero-order chi connectivity index (χ0) is 12.1. The van der Waals surface area contributed by atoms with Gasteiger partial charge in [0.15, 0.2) is 0 Å². The Kier molecular flexibility index (Phi) is 3.99. The Morgan fingerprint density at radius 1 is 1.44 bits per heavy atom. The minimum Gasteiger partial charge on any atom is -0.508 e. The lowest BCUT2D eigenvalue weighted by molar-refractivity contribution is 0.217. The molecule has 0 aliphatic carbocycles. The molecule has 0 saturated carbocycles. The van der Waals surface area contributed by atoms with Crippen LogP contribution in [0.3, 0.4) is 0 Å². The summed E-state index contributed by atoms with van der Waals surface area (Å²) in [6, 6.07) is 4.26. The summed E-state index contributed by atoms with van der Waals surface area (Å²) in [5.41, 5.74) is 6.52. The Labute approximate surface area is 94.9 Å². The first-order valence-electron chi connectivity index (χ1n) is 5.22. The van der Waals surface area contributed by atoms with Gasteiger partial charge >= 0.3 is 6.03 Å². The molecule has 0 aliphatic heterocycles. The minimum absolute atomic E-state index is 0.0818. The van der Waals surface area contributed by atoms with Crippen LogP contribution in [0.1, 0.15) is 13.8 Å². The third kappa shape index (κ3) is 2.79. The van der Waals surface area contributed by atoms with Gasteiger partial charge in [0.25, 0.3) is 0 Å². The number of rotatable bonds is 3. The molecule has 0 atom stereocenters. The summed E-state index contributed by atoms with van der Waals surface area (Å²) in [6.07, 6.45) is 0. The molecule has 5 nitrogen and oxygen atoms in total. The summed E-state index contributed by atoms with van der Waals surface area (Å²) in [5.74, 6) is 0.0818. The second kappa shape index (κ2) is 5.25. The molecule has 0 heterocycles. The van der Waals surface area contributed by atoms with Crippen LogP contribution in [-0.2, 0) is 0 Å². The predicted octanol–water partition coefficient (Wildman–Crippen LogP) is 1.85. The molecule has 1 rings (SSSR count). The van der Waals surface area contributed by atoms with Crippen LogP contribution >= 0.6 is 0 Å². The number of nitrogens with one attached hydrogen (secondary N) is 1. The van der Waals surface area contributed by atoms with Crippen molar-refractivity contribution in [3.05, 3.63) is 18.2 Å². The maximum Gasteiger partial charge on any atom is 0.321 e. The first-order chi connectivity index (χ1) is 7.58. The smallest absolute Gasteiger partial charge is 0.321 e. The number of nitrogen functional groups attached to an aromatic ring is 1. The highest BCUT2D eigenvalue weighted by Gasteiger charge is 2.10. The van der Waals surface area contributed by atoms with E-state index in [0.717, 1.165) is 0 Å². The summed E-state index contributed by atoms with van der Waals surface area (Å²) in [6.45, 7) is 5.09. The number of hydrogen-bond donors (Lipinski definition) is 3. The molecule has 2 amide bonds. The van der Waals surface area contributed by atoms with Gasteiger partial charge in [-0.3, -0.25) is 0 Å². The van der Waals surface area contributed by atoms with E-state index in [1.807, 2.05) is 13.8 Å². The van der Waals surface area contributed by atoms with E-state index in [2.05, 4.69) is 5.32 Å². The number of carbonyl (C=O) groups excluding carboxylic acids is 1. The van der Waals surface area contributed by atoms with Gasteiger partial charge in [-0.1, -0.05) is 0 Å². The number of anilines is 2. The van der Waals surface area contributed by atoms with Crippen LogP contribution in [0.15, 0.2) is 18.2 Å². The summed E-state index contributed by atoms with van der Waals surface area (Å²) in [4.78, 5) is 13.4. The van der Waals surface area contributed by atoms with Crippen molar-refractivity contribution in [3.8, 4) is 5.75 Å². The van der Waals surface area contributed by atoms with E-state index in [0.29, 0.717) is 24.5 Å². The van der Waals surface area contributed by atoms with Crippen molar-refractivity contribution in [3.63, 3.8) is 0 Å². The second-order valence-electron chi connectivity index (χ2n) is 3.37. The molecule has 88 valence electrons. The standard InChI is InChI=1S/C11H17N3O2/c1-3-14(4-2)11(16)13-10-6-5-8(15)7-9(10)12/h5-7,15H,3-4,12H2,1-2H3,(H,13,16). The van der Waals surface area contributed by atoms with E-state index in [9.17, 15) is 9.90 Å². The Hall–Kier alpha value is -1.91. The van der Waals surface area contributed by atoms with Crippen LogP contribution in [0.5, 0.6) is 5.75 Å². The number of phenols is 1. The molecule has 0 saturated heterocycles. The first-order valence-corrected chi connectivity index (χ1v) is 5.22. The van der Waals surface area contributed by atoms with Gasteiger partial charge in [0.05, 0.1) is 11.4 Å². The molecule has 0 radical (unpaired) electrons. The molecule has 16 heavy (non-hydrogen) atoms. The number of hydrogen-bond acceptors (Lipinski definition) is 3. The van der Waals surface area contributed by atoms with Crippen molar-refractivity contribution in [1.29, 1.82) is 0 Å². The first kappa shape index (κ1) is 12.2. The predicted molar refractivity (Wildman–Crippen MR) is 64.5 cm³/mol. The molecule has 4 N–H and O–H groups in total. The molecular formula is C11H17N3O2. The topological polar surface area (TPSA) is 78.6 Å². The highest BCUT2D eigenvalue weighted by molar-refractivity contribution is 5.92. The van der Waals surface area contributed by atoms with E-state index in [1.54, 1.807) is 11.0 Å². The highest BCUT2D eigenvalue weighted by Crippen LogP contribution is 2.23. The summed E-state index contributed by atoms with van der Waals surface area (Å²) >= 11 is 0. The van der Waals surface area contributed by atoms with Crippen molar-refractivity contribution in [2.75, 3.05) is 24.1 Å². The number of nitrogens with zero attached hydrogens (tertiary/aromatic N) is 1. The van der Waals surface area contributed by atoms with Crippen LogP contribution < -0.4 is 11.1 Å². The molecule has 5 heteroatoms. The quantitative estimate of drug-likeness (QED) is 0.540. The number of carbonyl (C=O) groups is 1. The Morgan fingerprint density at radius 2 is 2.06 bits per heavy atom. The van der Waals surface area contributed by atoms with E-state index in [1.165, 1.54) is 12.1 Å². The molecule has 0 spiro atoms. The fourth-order valence-corrected chi connectivity index (χ4v) is 1.37. The fraction of sp³-hybridized carbons (Fsp3) is 0.364. The Morgan fingerprint density at radius 3 is 2.56 bits per heavy atom. The van der Waals surface area contributed by atoms with Crippen molar-refractivity contribution >= 4 is 17.4 Å². The average molecular weight is 223 g/mol. The Bertz CT molecular complexity index is 375. The van der Waals surface area contributed by atoms with Crippen molar-refractivity contribution in [2.45, 2.75) is 13.8 Å².